The molecule has 5 heteroatoms. The smallest absolute Gasteiger partial charge is 0.310 e. The first kappa shape index (κ1) is 15.9. The summed E-state index contributed by atoms with van der Waals surface area (Å²) in [5.74, 6) is -1.30. The molecule has 0 aromatic heterocycles. The van der Waals surface area contributed by atoms with Crippen LogP contribution in [0.15, 0.2) is 0 Å². The van der Waals surface area contributed by atoms with E-state index in [0.717, 1.165) is 0 Å². The van der Waals surface area contributed by atoms with E-state index in [2.05, 4.69) is 0 Å². The van der Waals surface area contributed by atoms with Gasteiger partial charge in [0.1, 0.15) is 5.60 Å². The fourth-order valence-electron chi connectivity index (χ4n) is 1.27. The highest BCUT2D eigenvalue weighted by molar-refractivity contribution is 5.84. The maximum Gasteiger partial charge on any atom is 0.310 e. The molecular formula is C12H22O5. The van der Waals surface area contributed by atoms with Gasteiger partial charge in [-0.05, 0) is 40.5 Å². The number of carbonyl (C=O) groups is 2. The van der Waals surface area contributed by atoms with Crippen LogP contribution < -0.4 is 0 Å². The second-order valence-electron chi connectivity index (χ2n) is 5.16. The Morgan fingerprint density at radius 2 is 1.71 bits per heavy atom. The van der Waals surface area contributed by atoms with Gasteiger partial charge in [-0.15, -0.1) is 0 Å². The SMILES string of the molecule is CC(C)(C)OC(=O)CC1(C(=O)O)CC1.CCO. The van der Waals surface area contributed by atoms with Crippen LogP contribution in [-0.4, -0.2) is 34.4 Å². The van der Waals surface area contributed by atoms with E-state index >= 15 is 0 Å². The van der Waals surface area contributed by atoms with Gasteiger partial charge in [-0.25, -0.2) is 0 Å². The molecule has 0 spiro atoms. The van der Waals surface area contributed by atoms with Crippen LogP contribution >= 0.6 is 0 Å². The fourth-order valence-corrected chi connectivity index (χ4v) is 1.27. The van der Waals surface area contributed by atoms with E-state index in [1.165, 1.54) is 0 Å². The highest BCUT2D eigenvalue weighted by Gasteiger charge is 2.52. The van der Waals surface area contributed by atoms with Crippen molar-refractivity contribution in [3.63, 3.8) is 0 Å². The van der Waals surface area contributed by atoms with Gasteiger partial charge in [0, 0.05) is 6.61 Å². The van der Waals surface area contributed by atoms with Gasteiger partial charge in [0.15, 0.2) is 0 Å². The number of aliphatic carboxylic acids is 1. The number of hydrogen-bond acceptors (Lipinski definition) is 4. The number of carboxylic acids is 1. The molecule has 0 saturated heterocycles. The highest BCUT2D eigenvalue weighted by Crippen LogP contribution is 2.49. The second-order valence-corrected chi connectivity index (χ2v) is 5.16. The topological polar surface area (TPSA) is 83.8 Å². The van der Waals surface area contributed by atoms with Crippen LogP contribution in [0.3, 0.4) is 0 Å². The number of rotatable bonds is 3. The van der Waals surface area contributed by atoms with Crippen molar-refractivity contribution in [1.29, 1.82) is 0 Å². The van der Waals surface area contributed by atoms with Gasteiger partial charge < -0.3 is 14.9 Å². The van der Waals surface area contributed by atoms with E-state index in [-0.39, 0.29) is 13.0 Å². The molecule has 0 amide bonds. The summed E-state index contributed by atoms with van der Waals surface area (Å²) in [5, 5.41) is 16.4. The Kier molecular flexibility index (Phi) is 5.61. The van der Waals surface area contributed by atoms with E-state index in [9.17, 15) is 9.59 Å². The Bertz CT molecular complexity index is 273. The lowest BCUT2D eigenvalue weighted by atomic mass is 10.0. The average Bonchev–Trinajstić information content (AvgIpc) is 2.82. The molecule has 17 heavy (non-hydrogen) atoms. The van der Waals surface area contributed by atoms with Crippen LogP contribution in [0.25, 0.3) is 0 Å². The minimum atomic E-state index is -0.886. The van der Waals surface area contributed by atoms with Gasteiger partial charge in [-0.2, -0.15) is 0 Å². The number of aliphatic hydroxyl groups is 1. The van der Waals surface area contributed by atoms with Crippen molar-refractivity contribution in [3.05, 3.63) is 0 Å². The summed E-state index contributed by atoms with van der Waals surface area (Å²) in [4.78, 5) is 22.1. The van der Waals surface area contributed by atoms with E-state index in [1.807, 2.05) is 0 Å². The third-order valence-electron chi connectivity index (χ3n) is 2.21. The third-order valence-corrected chi connectivity index (χ3v) is 2.21. The molecule has 0 aromatic carbocycles. The van der Waals surface area contributed by atoms with Crippen LogP contribution in [0, 0.1) is 5.41 Å². The molecule has 0 radical (unpaired) electrons. The van der Waals surface area contributed by atoms with Crippen molar-refractivity contribution in [3.8, 4) is 0 Å². The van der Waals surface area contributed by atoms with Crippen LogP contribution in [0.1, 0.15) is 47.0 Å². The lowest BCUT2D eigenvalue weighted by molar-refractivity contribution is -0.160. The van der Waals surface area contributed by atoms with E-state index in [1.54, 1.807) is 27.7 Å². The summed E-state index contributed by atoms with van der Waals surface area (Å²) in [6.07, 6.45) is 1.17. The van der Waals surface area contributed by atoms with E-state index in [4.69, 9.17) is 14.9 Å². The minimum Gasteiger partial charge on any atom is -0.481 e. The van der Waals surface area contributed by atoms with Crippen molar-refractivity contribution in [2.75, 3.05) is 6.61 Å². The fraction of sp³-hybridized carbons (Fsp3) is 0.833. The Morgan fingerprint density at radius 1 is 1.29 bits per heavy atom. The van der Waals surface area contributed by atoms with Gasteiger partial charge in [0.2, 0.25) is 0 Å². The molecule has 1 saturated carbocycles. The molecule has 100 valence electrons. The predicted octanol–water partition coefficient (Wildman–Crippen LogP) is 1.58. The summed E-state index contributed by atoms with van der Waals surface area (Å²) < 4.78 is 5.06. The number of carboxylic acid groups (broad SMARTS) is 1. The van der Waals surface area contributed by atoms with Crippen LogP contribution in [0.2, 0.25) is 0 Å². The monoisotopic (exact) mass is 246 g/mol. The Balaban J connectivity index is 0.000000770. The molecule has 0 atom stereocenters. The highest BCUT2D eigenvalue weighted by atomic mass is 16.6. The van der Waals surface area contributed by atoms with Crippen molar-refractivity contribution < 1.29 is 24.5 Å². The maximum atomic E-state index is 11.3. The van der Waals surface area contributed by atoms with Crippen molar-refractivity contribution >= 4 is 11.9 Å². The number of hydrogen-bond donors (Lipinski definition) is 2. The molecule has 1 rings (SSSR count). The quantitative estimate of drug-likeness (QED) is 0.739. The zero-order valence-electron chi connectivity index (χ0n) is 10.9. The van der Waals surface area contributed by atoms with Crippen molar-refractivity contribution in [1.82, 2.24) is 0 Å². The first-order valence-corrected chi connectivity index (χ1v) is 5.73. The van der Waals surface area contributed by atoms with Crippen LogP contribution in [0.5, 0.6) is 0 Å². The zero-order chi connectivity index (χ0) is 13.7. The maximum absolute atomic E-state index is 11.3. The molecule has 5 nitrogen and oxygen atoms in total. The Hall–Kier alpha value is -1.10. The average molecular weight is 246 g/mol. The van der Waals surface area contributed by atoms with Crippen LogP contribution in [-0.2, 0) is 14.3 Å². The summed E-state index contributed by atoms with van der Waals surface area (Å²) in [5.41, 5.74) is -1.35. The second kappa shape index (κ2) is 6.00. The Labute approximate surface area is 102 Å². The predicted molar refractivity (Wildman–Crippen MR) is 62.5 cm³/mol. The van der Waals surface area contributed by atoms with Crippen molar-refractivity contribution in [2.45, 2.75) is 52.6 Å². The molecule has 1 aliphatic rings. The first-order chi connectivity index (χ1) is 7.67. The molecule has 0 bridgehead atoms. The lowest BCUT2D eigenvalue weighted by Crippen LogP contribution is -2.27. The van der Waals surface area contributed by atoms with E-state index < -0.39 is 23.0 Å². The molecule has 2 N–H and O–H groups in total. The molecule has 0 aromatic rings. The zero-order valence-corrected chi connectivity index (χ0v) is 10.9. The number of carbonyl (C=O) groups excluding carboxylic acids is 1. The van der Waals surface area contributed by atoms with Gasteiger partial charge in [0.25, 0.3) is 0 Å². The largest absolute Gasteiger partial charge is 0.481 e. The number of ether oxygens (including phenoxy) is 1. The summed E-state index contributed by atoms with van der Waals surface area (Å²) >= 11 is 0. The Morgan fingerprint density at radius 3 is 1.94 bits per heavy atom. The van der Waals surface area contributed by atoms with Gasteiger partial charge >= 0.3 is 11.9 Å². The van der Waals surface area contributed by atoms with Crippen LogP contribution in [0.4, 0.5) is 0 Å². The van der Waals surface area contributed by atoms with Gasteiger partial charge in [0.05, 0.1) is 11.8 Å². The number of aliphatic hydroxyl groups excluding tert-OH is 1. The molecule has 0 aliphatic heterocycles. The normalized spacial score (nSPS) is 16.5. The molecule has 1 aliphatic carbocycles. The molecule has 0 heterocycles. The van der Waals surface area contributed by atoms with E-state index in [0.29, 0.717) is 12.8 Å². The molecular weight excluding hydrogens is 224 g/mol. The van der Waals surface area contributed by atoms with Gasteiger partial charge in [-0.1, -0.05) is 0 Å². The van der Waals surface area contributed by atoms with Gasteiger partial charge in [-0.3, -0.25) is 9.59 Å². The number of esters is 1. The third kappa shape index (κ3) is 6.26. The standard InChI is InChI=1S/C10H16O4.C2H6O/c1-9(2,3)14-7(11)6-10(4-5-10)8(12)13;1-2-3/h4-6H2,1-3H3,(H,12,13);3H,2H2,1H3. The minimum absolute atomic E-state index is 0.000394. The molecule has 0 unspecified atom stereocenters. The summed E-state index contributed by atoms with van der Waals surface area (Å²) in [6, 6.07) is 0. The first-order valence-electron chi connectivity index (χ1n) is 5.73. The summed E-state index contributed by atoms with van der Waals surface area (Å²) in [7, 11) is 0. The van der Waals surface area contributed by atoms with Crippen molar-refractivity contribution in [2.24, 2.45) is 5.41 Å². The lowest BCUT2D eigenvalue weighted by Gasteiger charge is -2.20. The summed E-state index contributed by atoms with van der Waals surface area (Å²) in [6.45, 7) is 7.24. The molecule has 1 fully saturated rings.